The first-order valence-electron chi connectivity index (χ1n) is 6.60. The van der Waals surface area contributed by atoms with E-state index < -0.39 is 0 Å². The Kier molecular flexibility index (Phi) is 4.58. The predicted molar refractivity (Wildman–Crippen MR) is 78.7 cm³/mol. The average molecular weight is 260 g/mol. The van der Waals surface area contributed by atoms with Gasteiger partial charge in [-0.3, -0.25) is 4.79 Å². The Balaban J connectivity index is 1.96. The van der Waals surface area contributed by atoms with Crippen LogP contribution in [0.5, 0.6) is 0 Å². The summed E-state index contributed by atoms with van der Waals surface area (Å²) < 4.78 is 5.48. The molecule has 4 nitrogen and oxygen atoms in total. The van der Waals surface area contributed by atoms with Gasteiger partial charge in [0.15, 0.2) is 0 Å². The average Bonchev–Trinajstić information content (AvgIpc) is 2.38. The Morgan fingerprint density at radius 1 is 1.32 bits per heavy atom. The number of H-pyrrole nitrogens is 1. The van der Waals surface area contributed by atoms with Gasteiger partial charge in [-0.25, -0.2) is 0 Å². The van der Waals surface area contributed by atoms with Crippen molar-refractivity contribution in [3.8, 4) is 0 Å². The van der Waals surface area contributed by atoms with E-state index in [-0.39, 0.29) is 5.56 Å². The Morgan fingerprint density at radius 3 is 2.89 bits per heavy atom. The molecule has 0 aliphatic heterocycles. The summed E-state index contributed by atoms with van der Waals surface area (Å²) in [5.41, 5.74) is -0.0660. The SMILES string of the molecule is CC(C)COCCNc1cc2ccccc2c(=O)[nH]1. The van der Waals surface area contributed by atoms with Gasteiger partial charge in [0.25, 0.3) is 5.56 Å². The fourth-order valence-corrected chi connectivity index (χ4v) is 1.88. The van der Waals surface area contributed by atoms with Gasteiger partial charge in [0.2, 0.25) is 0 Å². The molecular weight excluding hydrogens is 240 g/mol. The Morgan fingerprint density at radius 2 is 2.11 bits per heavy atom. The maximum Gasteiger partial charge on any atom is 0.257 e. The van der Waals surface area contributed by atoms with Gasteiger partial charge in [0.05, 0.1) is 6.61 Å². The normalized spacial score (nSPS) is 11.1. The number of anilines is 1. The van der Waals surface area contributed by atoms with Crippen molar-refractivity contribution in [3.63, 3.8) is 0 Å². The van der Waals surface area contributed by atoms with E-state index in [2.05, 4.69) is 24.1 Å². The minimum absolute atomic E-state index is 0.0660. The molecule has 0 atom stereocenters. The fraction of sp³-hybridized carbons (Fsp3) is 0.400. The van der Waals surface area contributed by atoms with Crippen LogP contribution < -0.4 is 10.9 Å². The van der Waals surface area contributed by atoms with E-state index in [1.54, 1.807) is 0 Å². The number of fused-ring (bicyclic) bond motifs is 1. The van der Waals surface area contributed by atoms with Crippen LogP contribution in [0, 0.1) is 5.92 Å². The van der Waals surface area contributed by atoms with Crippen LogP contribution in [0.1, 0.15) is 13.8 Å². The standard InChI is InChI=1S/C15H20N2O2/c1-11(2)10-19-8-7-16-14-9-12-5-3-4-6-13(12)15(18)17-14/h3-6,9,11H,7-8,10H2,1-2H3,(H2,16,17,18). The van der Waals surface area contributed by atoms with E-state index in [0.717, 1.165) is 17.8 Å². The van der Waals surface area contributed by atoms with E-state index >= 15 is 0 Å². The molecule has 19 heavy (non-hydrogen) atoms. The zero-order chi connectivity index (χ0) is 13.7. The number of ether oxygens (including phenoxy) is 1. The van der Waals surface area contributed by atoms with Crippen LogP contribution in [0.25, 0.3) is 10.8 Å². The van der Waals surface area contributed by atoms with E-state index in [9.17, 15) is 4.79 Å². The summed E-state index contributed by atoms with van der Waals surface area (Å²) in [6, 6.07) is 9.50. The lowest BCUT2D eigenvalue weighted by Crippen LogP contribution is -2.15. The molecule has 2 rings (SSSR count). The largest absolute Gasteiger partial charge is 0.379 e. The van der Waals surface area contributed by atoms with Crippen LogP contribution in [0.4, 0.5) is 5.82 Å². The highest BCUT2D eigenvalue weighted by molar-refractivity contribution is 5.83. The zero-order valence-corrected chi connectivity index (χ0v) is 11.4. The van der Waals surface area contributed by atoms with Crippen LogP contribution >= 0.6 is 0 Å². The third-order valence-electron chi connectivity index (χ3n) is 2.77. The van der Waals surface area contributed by atoms with E-state index in [1.165, 1.54) is 0 Å². The van der Waals surface area contributed by atoms with Crippen molar-refractivity contribution < 1.29 is 4.74 Å². The molecule has 1 aromatic heterocycles. The third-order valence-corrected chi connectivity index (χ3v) is 2.77. The van der Waals surface area contributed by atoms with Gasteiger partial charge < -0.3 is 15.0 Å². The number of aromatic amines is 1. The molecule has 0 aliphatic rings. The molecule has 0 fully saturated rings. The zero-order valence-electron chi connectivity index (χ0n) is 11.4. The fourth-order valence-electron chi connectivity index (χ4n) is 1.88. The van der Waals surface area contributed by atoms with Gasteiger partial charge in [0.1, 0.15) is 5.82 Å². The van der Waals surface area contributed by atoms with Gasteiger partial charge in [-0.1, -0.05) is 32.0 Å². The Bertz CT molecular complexity index is 590. The molecule has 2 aromatic rings. The molecule has 1 heterocycles. The molecule has 0 saturated heterocycles. The molecule has 1 aromatic carbocycles. The number of aromatic nitrogens is 1. The summed E-state index contributed by atoms with van der Waals surface area (Å²) in [5.74, 6) is 1.28. The second-order valence-electron chi connectivity index (χ2n) is 4.99. The highest BCUT2D eigenvalue weighted by atomic mass is 16.5. The molecule has 0 saturated carbocycles. The van der Waals surface area contributed by atoms with Crippen molar-refractivity contribution >= 4 is 16.6 Å². The second kappa shape index (κ2) is 6.38. The van der Waals surface area contributed by atoms with Crippen molar-refractivity contribution in [1.29, 1.82) is 0 Å². The quantitative estimate of drug-likeness (QED) is 0.785. The van der Waals surface area contributed by atoms with Gasteiger partial charge >= 0.3 is 0 Å². The van der Waals surface area contributed by atoms with Crippen molar-refractivity contribution in [2.45, 2.75) is 13.8 Å². The number of hydrogen-bond acceptors (Lipinski definition) is 3. The van der Waals surface area contributed by atoms with E-state index in [0.29, 0.717) is 24.5 Å². The number of rotatable bonds is 6. The summed E-state index contributed by atoms with van der Waals surface area (Å²) >= 11 is 0. The highest BCUT2D eigenvalue weighted by Gasteiger charge is 2.00. The van der Waals surface area contributed by atoms with E-state index in [4.69, 9.17) is 4.74 Å². The van der Waals surface area contributed by atoms with Gasteiger partial charge in [-0.15, -0.1) is 0 Å². The maximum absolute atomic E-state index is 11.9. The van der Waals surface area contributed by atoms with Crippen molar-refractivity contribution in [2.75, 3.05) is 25.1 Å². The van der Waals surface area contributed by atoms with Gasteiger partial charge in [-0.05, 0) is 23.4 Å². The molecule has 0 bridgehead atoms. The number of nitrogens with one attached hydrogen (secondary N) is 2. The van der Waals surface area contributed by atoms with Crippen molar-refractivity contribution in [2.24, 2.45) is 5.92 Å². The first-order chi connectivity index (χ1) is 9.16. The lowest BCUT2D eigenvalue weighted by molar-refractivity contribution is 0.118. The van der Waals surface area contributed by atoms with Gasteiger partial charge in [0, 0.05) is 18.5 Å². The highest BCUT2D eigenvalue weighted by Crippen LogP contribution is 2.12. The van der Waals surface area contributed by atoms with Crippen molar-refractivity contribution in [1.82, 2.24) is 4.98 Å². The number of hydrogen-bond donors (Lipinski definition) is 2. The van der Waals surface area contributed by atoms with Gasteiger partial charge in [-0.2, -0.15) is 0 Å². The summed E-state index contributed by atoms with van der Waals surface area (Å²) in [6.07, 6.45) is 0. The van der Waals surface area contributed by atoms with Crippen LogP contribution in [-0.2, 0) is 4.74 Å². The molecule has 4 heteroatoms. The Hall–Kier alpha value is -1.81. The molecule has 0 amide bonds. The lowest BCUT2D eigenvalue weighted by atomic mass is 10.2. The minimum Gasteiger partial charge on any atom is -0.379 e. The molecule has 0 aliphatic carbocycles. The molecule has 102 valence electrons. The number of benzene rings is 1. The maximum atomic E-state index is 11.9. The van der Waals surface area contributed by atoms with E-state index in [1.807, 2.05) is 30.3 Å². The molecular formula is C15H20N2O2. The molecule has 0 unspecified atom stereocenters. The first-order valence-corrected chi connectivity index (χ1v) is 6.60. The van der Waals surface area contributed by atoms with Crippen LogP contribution in [0.15, 0.2) is 35.1 Å². The van der Waals surface area contributed by atoms with Crippen molar-refractivity contribution in [3.05, 3.63) is 40.7 Å². The molecule has 0 spiro atoms. The minimum atomic E-state index is -0.0660. The molecule has 0 radical (unpaired) electrons. The third kappa shape index (κ3) is 3.83. The van der Waals surface area contributed by atoms with Crippen LogP contribution in [0.2, 0.25) is 0 Å². The lowest BCUT2D eigenvalue weighted by Gasteiger charge is -2.09. The van der Waals surface area contributed by atoms with Crippen LogP contribution in [0.3, 0.4) is 0 Å². The summed E-state index contributed by atoms with van der Waals surface area (Å²) in [4.78, 5) is 14.7. The second-order valence-corrected chi connectivity index (χ2v) is 4.99. The molecule has 2 N–H and O–H groups in total. The first kappa shape index (κ1) is 13.6. The summed E-state index contributed by atoms with van der Waals surface area (Å²) in [5, 5.41) is 4.82. The monoisotopic (exact) mass is 260 g/mol. The summed E-state index contributed by atoms with van der Waals surface area (Å²) in [6.45, 7) is 6.31. The predicted octanol–water partition coefficient (Wildman–Crippen LogP) is 2.61. The topological polar surface area (TPSA) is 54.1 Å². The summed E-state index contributed by atoms with van der Waals surface area (Å²) in [7, 11) is 0. The number of pyridine rings is 1. The van der Waals surface area contributed by atoms with Crippen LogP contribution in [-0.4, -0.2) is 24.7 Å². The Labute approximate surface area is 112 Å². The smallest absolute Gasteiger partial charge is 0.257 e.